The van der Waals surface area contributed by atoms with E-state index in [1.165, 1.54) is 18.2 Å². The number of nitrogens with zero attached hydrogens (tertiary/aromatic N) is 2. The van der Waals surface area contributed by atoms with Crippen molar-refractivity contribution in [3.8, 4) is 11.1 Å². The van der Waals surface area contributed by atoms with Gasteiger partial charge in [-0.2, -0.15) is 0 Å². The van der Waals surface area contributed by atoms with Crippen LogP contribution in [0.5, 0.6) is 0 Å². The van der Waals surface area contributed by atoms with Crippen LogP contribution >= 0.6 is 0 Å². The zero-order valence-corrected chi connectivity index (χ0v) is 21.2. The number of amides is 3. The van der Waals surface area contributed by atoms with Crippen molar-refractivity contribution >= 4 is 29.6 Å². The van der Waals surface area contributed by atoms with Gasteiger partial charge in [0.05, 0.1) is 22.4 Å². The minimum Gasteiger partial charge on any atom is -0.448 e. The number of fused-ring (bicyclic) bond motifs is 5. The SMILES string of the molecule is O=C(ON1C(=O)c2ccccc2C1=O)c1ccc2c(c1)CCN2C(=O)OCC1c2ccccc2-c2ccccc21. The Bertz CT molecular complexity index is 1660. The largest absolute Gasteiger partial charge is 0.448 e. The number of imide groups is 1. The summed E-state index contributed by atoms with van der Waals surface area (Å²) < 4.78 is 5.81. The second kappa shape index (κ2) is 9.20. The van der Waals surface area contributed by atoms with Gasteiger partial charge in [-0.1, -0.05) is 65.7 Å². The third-order valence-corrected chi connectivity index (χ3v) is 7.70. The van der Waals surface area contributed by atoms with Gasteiger partial charge >= 0.3 is 12.1 Å². The first-order chi connectivity index (χ1) is 19.5. The maximum atomic E-state index is 13.1. The first-order valence-electron chi connectivity index (χ1n) is 13.0. The first-order valence-corrected chi connectivity index (χ1v) is 13.0. The summed E-state index contributed by atoms with van der Waals surface area (Å²) in [5.41, 5.74) is 6.56. The minimum absolute atomic E-state index is 0.0438. The Morgan fingerprint density at radius 3 is 1.95 bits per heavy atom. The molecule has 4 aromatic rings. The number of hydrogen-bond acceptors (Lipinski definition) is 6. The molecule has 0 saturated heterocycles. The highest BCUT2D eigenvalue weighted by Gasteiger charge is 2.39. The topological polar surface area (TPSA) is 93.2 Å². The van der Waals surface area contributed by atoms with Crippen LogP contribution in [0.3, 0.4) is 0 Å². The molecule has 0 spiro atoms. The number of rotatable bonds is 4. The molecular weight excluding hydrogens is 508 g/mol. The fraction of sp³-hybridized carbons (Fsp3) is 0.125. The summed E-state index contributed by atoms with van der Waals surface area (Å²) in [6, 6.07) is 27.4. The highest BCUT2D eigenvalue weighted by Crippen LogP contribution is 2.44. The van der Waals surface area contributed by atoms with Crippen molar-refractivity contribution in [3.63, 3.8) is 0 Å². The predicted octanol–water partition coefficient (Wildman–Crippen LogP) is 5.37. The van der Waals surface area contributed by atoms with E-state index in [9.17, 15) is 19.2 Å². The van der Waals surface area contributed by atoms with Crippen molar-refractivity contribution in [2.45, 2.75) is 12.3 Å². The Morgan fingerprint density at radius 2 is 1.32 bits per heavy atom. The lowest BCUT2D eigenvalue weighted by Crippen LogP contribution is -2.32. The molecular formula is C32H22N2O6. The molecule has 4 aromatic carbocycles. The summed E-state index contributed by atoms with van der Waals surface area (Å²) in [6.07, 6.45) is 0.0650. The average molecular weight is 531 g/mol. The average Bonchev–Trinajstić information content (AvgIpc) is 3.63. The number of ether oxygens (including phenoxy) is 1. The summed E-state index contributed by atoms with van der Waals surface area (Å²) in [4.78, 5) is 57.8. The Hall–Kier alpha value is -5.24. The van der Waals surface area contributed by atoms with Gasteiger partial charge in [0.25, 0.3) is 11.8 Å². The monoisotopic (exact) mass is 530 g/mol. The van der Waals surface area contributed by atoms with Gasteiger partial charge in [-0.05, 0) is 64.6 Å². The van der Waals surface area contributed by atoms with Gasteiger partial charge in [0, 0.05) is 12.5 Å². The Morgan fingerprint density at radius 1 is 0.750 bits per heavy atom. The molecule has 0 unspecified atom stereocenters. The summed E-state index contributed by atoms with van der Waals surface area (Å²) in [7, 11) is 0. The van der Waals surface area contributed by atoms with Crippen molar-refractivity contribution in [3.05, 3.63) is 124 Å². The lowest BCUT2D eigenvalue weighted by atomic mass is 9.98. The molecule has 0 N–H and O–H groups in total. The van der Waals surface area contributed by atoms with Crippen molar-refractivity contribution in [2.75, 3.05) is 18.1 Å². The molecule has 0 atom stereocenters. The van der Waals surface area contributed by atoms with Crippen LogP contribution in [0.4, 0.5) is 10.5 Å². The highest BCUT2D eigenvalue weighted by atomic mass is 16.7. The van der Waals surface area contributed by atoms with Crippen molar-refractivity contribution in [2.24, 2.45) is 0 Å². The Labute approximate surface area is 229 Å². The van der Waals surface area contributed by atoms with E-state index in [0.717, 1.165) is 27.8 Å². The fourth-order valence-electron chi connectivity index (χ4n) is 5.78. The maximum absolute atomic E-state index is 13.1. The fourth-order valence-corrected chi connectivity index (χ4v) is 5.78. The van der Waals surface area contributed by atoms with E-state index in [2.05, 4.69) is 24.3 Å². The van der Waals surface area contributed by atoms with Gasteiger partial charge < -0.3 is 9.57 Å². The molecule has 2 aliphatic heterocycles. The number of anilines is 1. The molecule has 0 saturated carbocycles. The molecule has 8 nitrogen and oxygen atoms in total. The van der Waals surface area contributed by atoms with E-state index in [1.54, 1.807) is 29.2 Å². The van der Waals surface area contributed by atoms with Gasteiger partial charge in [0.1, 0.15) is 6.61 Å². The Balaban J connectivity index is 1.04. The quantitative estimate of drug-likeness (QED) is 0.330. The van der Waals surface area contributed by atoms with Gasteiger partial charge in [-0.25, -0.2) is 9.59 Å². The van der Waals surface area contributed by atoms with E-state index in [-0.39, 0.29) is 29.2 Å². The molecule has 1 aliphatic carbocycles. The molecule has 7 rings (SSSR count). The van der Waals surface area contributed by atoms with Gasteiger partial charge in [-0.15, -0.1) is 0 Å². The van der Waals surface area contributed by atoms with Gasteiger partial charge in [0.2, 0.25) is 0 Å². The number of hydroxylamine groups is 2. The number of benzene rings is 4. The zero-order valence-electron chi connectivity index (χ0n) is 21.2. The molecule has 0 bridgehead atoms. The van der Waals surface area contributed by atoms with E-state index in [1.807, 2.05) is 24.3 Å². The first kappa shape index (κ1) is 23.8. The van der Waals surface area contributed by atoms with E-state index >= 15 is 0 Å². The van der Waals surface area contributed by atoms with Gasteiger partial charge in [-0.3, -0.25) is 14.5 Å². The van der Waals surface area contributed by atoms with Crippen LogP contribution in [-0.4, -0.2) is 42.1 Å². The smallest absolute Gasteiger partial charge is 0.414 e. The third kappa shape index (κ3) is 3.68. The van der Waals surface area contributed by atoms with Crippen LogP contribution in [0.2, 0.25) is 0 Å². The number of carbonyl (C=O) groups excluding carboxylic acids is 4. The summed E-state index contributed by atoms with van der Waals surface area (Å²) in [5, 5.41) is 0.489. The van der Waals surface area contributed by atoms with Crippen LogP contribution in [0, 0.1) is 0 Å². The zero-order chi connectivity index (χ0) is 27.4. The Kier molecular flexibility index (Phi) is 5.48. The maximum Gasteiger partial charge on any atom is 0.414 e. The lowest BCUT2D eigenvalue weighted by Gasteiger charge is -2.20. The lowest BCUT2D eigenvalue weighted by molar-refractivity contribution is -0.0584. The van der Waals surface area contributed by atoms with Crippen LogP contribution in [-0.2, 0) is 16.0 Å². The second-order valence-corrected chi connectivity index (χ2v) is 9.88. The summed E-state index contributed by atoms with van der Waals surface area (Å²) in [5.74, 6) is -2.25. The van der Waals surface area contributed by atoms with Crippen LogP contribution in [0.1, 0.15) is 53.7 Å². The molecule has 40 heavy (non-hydrogen) atoms. The van der Waals surface area contributed by atoms with Crippen LogP contribution in [0.25, 0.3) is 11.1 Å². The normalized spacial score (nSPS) is 15.0. The standard InChI is InChI=1S/C32H22N2O6/c35-29-25-11-5-6-12-26(25)30(36)34(29)40-31(37)20-13-14-28-19(17-20)15-16-33(28)32(38)39-18-27-23-9-3-1-7-21(23)22-8-2-4-10-24(22)27/h1-14,17,27H,15-16,18H2. The van der Waals surface area contributed by atoms with Crippen molar-refractivity contribution in [1.82, 2.24) is 5.06 Å². The van der Waals surface area contributed by atoms with Crippen LogP contribution < -0.4 is 4.90 Å². The van der Waals surface area contributed by atoms with Crippen molar-refractivity contribution < 1.29 is 28.8 Å². The van der Waals surface area contributed by atoms with E-state index < -0.39 is 23.9 Å². The van der Waals surface area contributed by atoms with E-state index in [0.29, 0.717) is 23.7 Å². The molecule has 3 amide bonds. The molecule has 2 heterocycles. The molecule has 8 heteroatoms. The van der Waals surface area contributed by atoms with Gasteiger partial charge in [0.15, 0.2) is 0 Å². The highest BCUT2D eigenvalue weighted by molar-refractivity contribution is 6.21. The van der Waals surface area contributed by atoms with Crippen LogP contribution in [0.15, 0.2) is 91.0 Å². The predicted molar refractivity (Wildman–Crippen MR) is 145 cm³/mol. The third-order valence-electron chi connectivity index (χ3n) is 7.70. The summed E-state index contributed by atoms with van der Waals surface area (Å²) in [6.45, 7) is 0.617. The minimum atomic E-state index is -0.836. The van der Waals surface area contributed by atoms with E-state index in [4.69, 9.17) is 9.57 Å². The molecule has 0 aromatic heterocycles. The number of hydrogen-bond donors (Lipinski definition) is 0. The molecule has 0 fully saturated rings. The summed E-state index contributed by atoms with van der Waals surface area (Å²) >= 11 is 0. The molecule has 0 radical (unpaired) electrons. The molecule has 3 aliphatic rings. The second-order valence-electron chi connectivity index (χ2n) is 9.88. The molecule has 196 valence electrons. The number of carbonyl (C=O) groups is 4. The van der Waals surface area contributed by atoms with Crippen molar-refractivity contribution in [1.29, 1.82) is 0 Å².